The van der Waals surface area contributed by atoms with Crippen LogP contribution in [0.4, 0.5) is 4.39 Å². The summed E-state index contributed by atoms with van der Waals surface area (Å²) in [5.41, 5.74) is 2.67. The summed E-state index contributed by atoms with van der Waals surface area (Å²) in [4.78, 5) is 28.8. The third kappa shape index (κ3) is 4.89. The van der Waals surface area contributed by atoms with Crippen LogP contribution in [0.15, 0.2) is 30.0 Å². The monoisotopic (exact) mass is 392 g/mol. The molecule has 0 unspecified atom stereocenters. The van der Waals surface area contributed by atoms with Gasteiger partial charge in [-0.15, -0.1) is 0 Å². The molecule has 0 aliphatic carbocycles. The number of methoxy groups -OCH3 is 3. The van der Waals surface area contributed by atoms with E-state index in [1.807, 2.05) is 6.92 Å². The van der Waals surface area contributed by atoms with Crippen molar-refractivity contribution in [2.24, 2.45) is 0 Å². The van der Waals surface area contributed by atoms with E-state index in [0.29, 0.717) is 26.1 Å². The highest BCUT2D eigenvalue weighted by Crippen LogP contribution is 2.25. The number of benzene rings is 1. The van der Waals surface area contributed by atoms with E-state index in [0.717, 1.165) is 28.2 Å². The maximum absolute atomic E-state index is 13.7. The Balaban J connectivity index is 2.31. The molecule has 28 heavy (non-hydrogen) atoms. The van der Waals surface area contributed by atoms with Crippen LogP contribution >= 0.6 is 0 Å². The molecule has 7 nitrogen and oxygen atoms in total. The fraction of sp³-hybridized carbons (Fsp3) is 0.400. The maximum Gasteiger partial charge on any atom is 0.354 e. The second kappa shape index (κ2) is 9.89. The van der Waals surface area contributed by atoms with Crippen molar-refractivity contribution in [3.63, 3.8) is 0 Å². The number of carbonyl (C=O) groups is 2. The molecule has 2 aromatic rings. The number of nitrogens with one attached hydrogen (secondary N) is 1. The second-order valence-corrected chi connectivity index (χ2v) is 6.08. The van der Waals surface area contributed by atoms with Gasteiger partial charge in [0.2, 0.25) is 0 Å². The van der Waals surface area contributed by atoms with Crippen LogP contribution in [0.2, 0.25) is 0 Å². The summed E-state index contributed by atoms with van der Waals surface area (Å²) in [5, 5.41) is 0.762. The van der Waals surface area contributed by atoms with Crippen molar-refractivity contribution in [2.45, 2.75) is 20.0 Å². The van der Waals surface area contributed by atoms with Crippen molar-refractivity contribution in [1.82, 2.24) is 9.88 Å². The number of rotatable bonds is 9. The zero-order valence-corrected chi connectivity index (χ0v) is 16.5. The quantitative estimate of drug-likeness (QED) is 0.522. The minimum Gasteiger partial charge on any atom is -0.466 e. The summed E-state index contributed by atoms with van der Waals surface area (Å²) >= 11 is 0. The number of ether oxygens (including phenoxy) is 3. The van der Waals surface area contributed by atoms with Crippen molar-refractivity contribution < 1.29 is 28.2 Å². The topological polar surface area (TPSA) is 80.9 Å². The first kappa shape index (κ1) is 21.4. The molecule has 0 aliphatic heterocycles. The Bertz CT molecular complexity index is 875. The highest BCUT2D eigenvalue weighted by atomic mass is 19.1. The molecule has 0 amide bonds. The molecule has 8 heteroatoms. The molecule has 1 aromatic heterocycles. The smallest absolute Gasteiger partial charge is 0.354 e. The van der Waals surface area contributed by atoms with E-state index >= 15 is 0 Å². The van der Waals surface area contributed by atoms with Gasteiger partial charge < -0.3 is 24.1 Å². The molecule has 1 aromatic carbocycles. The van der Waals surface area contributed by atoms with Crippen molar-refractivity contribution in [2.75, 3.05) is 34.4 Å². The molecule has 0 atom stereocenters. The van der Waals surface area contributed by atoms with E-state index in [2.05, 4.69) is 9.72 Å². The summed E-state index contributed by atoms with van der Waals surface area (Å²) in [5.74, 6) is -1.58. The van der Waals surface area contributed by atoms with E-state index < -0.39 is 11.9 Å². The van der Waals surface area contributed by atoms with E-state index in [9.17, 15) is 14.0 Å². The molecule has 1 heterocycles. The lowest BCUT2D eigenvalue weighted by atomic mass is 10.1. The van der Waals surface area contributed by atoms with Gasteiger partial charge >= 0.3 is 11.9 Å². The number of fused-ring (bicyclic) bond motifs is 1. The van der Waals surface area contributed by atoms with E-state index in [1.165, 1.54) is 26.4 Å². The van der Waals surface area contributed by atoms with Gasteiger partial charge in [0, 0.05) is 48.8 Å². The number of likely N-dealkylation sites (N-methyl/N-ethyl adjacent to an activating group) is 1. The number of hydrogen-bond acceptors (Lipinski definition) is 6. The summed E-state index contributed by atoms with van der Waals surface area (Å²) in [6.45, 7) is 3.10. The fourth-order valence-corrected chi connectivity index (χ4v) is 3.05. The molecule has 0 saturated heterocycles. The van der Waals surface area contributed by atoms with Crippen LogP contribution < -0.4 is 0 Å². The molecular weight excluding hydrogens is 367 g/mol. The predicted octanol–water partition coefficient (Wildman–Crippen LogP) is 2.55. The average Bonchev–Trinajstić information content (AvgIpc) is 3.03. The van der Waals surface area contributed by atoms with Gasteiger partial charge in [0.25, 0.3) is 0 Å². The van der Waals surface area contributed by atoms with Gasteiger partial charge in [-0.3, -0.25) is 0 Å². The van der Waals surface area contributed by atoms with Gasteiger partial charge in [-0.1, -0.05) is 0 Å². The summed E-state index contributed by atoms with van der Waals surface area (Å²) in [6, 6.07) is 4.55. The van der Waals surface area contributed by atoms with Crippen molar-refractivity contribution in [1.29, 1.82) is 0 Å². The second-order valence-electron chi connectivity index (χ2n) is 6.08. The largest absolute Gasteiger partial charge is 0.466 e. The van der Waals surface area contributed by atoms with Crippen LogP contribution in [-0.2, 0) is 36.8 Å². The van der Waals surface area contributed by atoms with Gasteiger partial charge in [0.05, 0.1) is 26.9 Å². The summed E-state index contributed by atoms with van der Waals surface area (Å²) in [7, 11) is 4.07. The van der Waals surface area contributed by atoms with Crippen LogP contribution in [-0.4, -0.2) is 56.2 Å². The minimum atomic E-state index is -0.639. The summed E-state index contributed by atoms with van der Waals surface area (Å²) in [6.07, 6.45) is 1.64. The first-order valence-electron chi connectivity index (χ1n) is 8.85. The third-order valence-electron chi connectivity index (χ3n) is 4.45. The summed E-state index contributed by atoms with van der Waals surface area (Å²) < 4.78 is 28.4. The maximum atomic E-state index is 13.7. The first-order valence-corrected chi connectivity index (χ1v) is 8.85. The number of aromatic nitrogens is 1. The van der Waals surface area contributed by atoms with Crippen LogP contribution in [0.3, 0.4) is 0 Å². The average molecular weight is 392 g/mol. The molecule has 2 rings (SSSR count). The van der Waals surface area contributed by atoms with Crippen LogP contribution in [0, 0.1) is 5.82 Å². The zero-order valence-electron chi connectivity index (χ0n) is 16.5. The Labute approximate surface area is 163 Å². The predicted molar refractivity (Wildman–Crippen MR) is 102 cm³/mol. The van der Waals surface area contributed by atoms with E-state index in [-0.39, 0.29) is 11.5 Å². The Morgan fingerprint density at radius 1 is 1.21 bits per heavy atom. The van der Waals surface area contributed by atoms with Gasteiger partial charge in [-0.2, -0.15) is 0 Å². The fourth-order valence-electron chi connectivity index (χ4n) is 3.05. The highest BCUT2D eigenvalue weighted by molar-refractivity contribution is 5.95. The van der Waals surface area contributed by atoms with Crippen LogP contribution in [0.1, 0.15) is 18.2 Å². The van der Waals surface area contributed by atoms with E-state index in [4.69, 9.17) is 9.47 Å². The zero-order chi connectivity index (χ0) is 20.7. The Hall–Kier alpha value is -2.87. The number of nitrogens with zero attached hydrogens (tertiary/aromatic N) is 1. The lowest BCUT2D eigenvalue weighted by Crippen LogP contribution is -2.31. The van der Waals surface area contributed by atoms with Gasteiger partial charge in [-0.05, 0) is 25.1 Å². The minimum absolute atomic E-state index is 0.118. The van der Waals surface area contributed by atoms with Crippen molar-refractivity contribution >= 4 is 22.8 Å². The number of halogens is 1. The lowest BCUT2D eigenvalue weighted by Gasteiger charge is -2.24. The normalized spacial score (nSPS) is 11.5. The number of aromatic amines is 1. The number of H-pyrrole nitrogens is 1. The molecule has 0 spiro atoms. The van der Waals surface area contributed by atoms with Crippen LogP contribution in [0.25, 0.3) is 10.9 Å². The molecular formula is C20H25FN2O5. The Kier molecular flexibility index (Phi) is 7.57. The first-order chi connectivity index (χ1) is 13.4. The van der Waals surface area contributed by atoms with Crippen molar-refractivity contribution in [3.05, 3.63) is 47.0 Å². The Morgan fingerprint density at radius 3 is 2.57 bits per heavy atom. The number of carbonyl (C=O) groups excluding carboxylic acids is 2. The third-order valence-corrected chi connectivity index (χ3v) is 4.45. The van der Waals surface area contributed by atoms with Gasteiger partial charge in [0.1, 0.15) is 11.5 Å². The van der Waals surface area contributed by atoms with Gasteiger partial charge in [-0.25, -0.2) is 14.0 Å². The van der Waals surface area contributed by atoms with E-state index in [1.54, 1.807) is 18.1 Å². The molecule has 0 fully saturated rings. The van der Waals surface area contributed by atoms with Gasteiger partial charge in [0.15, 0.2) is 0 Å². The molecule has 0 bridgehead atoms. The molecule has 0 saturated carbocycles. The molecule has 1 N–H and O–H groups in total. The number of esters is 2. The van der Waals surface area contributed by atoms with Crippen LogP contribution in [0.5, 0.6) is 0 Å². The lowest BCUT2D eigenvalue weighted by molar-refractivity contribution is -0.140. The highest BCUT2D eigenvalue weighted by Gasteiger charge is 2.20. The number of hydrogen-bond donors (Lipinski definition) is 1. The van der Waals surface area contributed by atoms with Crippen molar-refractivity contribution in [3.8, 4) is 0 Å². The molecule has 0 aliphatic rings. The molecule has 0 radical (unpaired) electrons. The SMILES string of the molecule is CCN(CCc1[nH]c2ccc(F)cc2c1COC)/C(=C/C(=O)OC)C(=O)OC. The molecule has 152 valence electrons. The standard InChI is InChI=1S/C20H25FN2O5/c1-5-23(18(20(25)28-4)11-19(24)27-3)9-8-17-15(12-26-2)14-10-13(21)6-7-16(14)22-17/h6-7,10-11,22H,5,8-9,12H2,1-4H3/b18-11+. The Morgan fingerprint density at radius 2 is 1.96 bits per heavy atom.